The van der Waals surface area contributed by atoms with E-state index in [9.17, 15) is 23.3 Å². The zero-order chi connectivity index (χ0) is 20.5. The number of nitrogens with one attached hydrogen (secondary N) is 1. The average molecular weight is 430 g/mol. The highest BCUT2D eigenvalue weighted by atomic mass is 35.5. The summed E-state index contributed by atoms with van der Waals surface area (Å²) >= 11 is 5.77. The number of halogens is 1. The first-order valence-electron chi connectivity index (χ1n) is 9.44. The van der Waals surface area contributed by atoms with Gasteiger partial charge in [0.2, 0.25) is 15.9 Å². The highest BCUT2D eigenvalue weighted by molar-refractivity contribution is 7.89. The second-order valence-corrected chi connectivity index (χ2v) is 9.92. The Labute approximate surface area is 169 Å². The molecule has 1 saturated carbocycles. The van der Waals surface area contributed by atoms with Crippen LogP contribution in [-0.4, -0.2) is 42.7 Å². The minimum Gasteiger partial charge on any atom is -0.353 e. The molecule has 1 aliphatic heterocycles. The van der Waals surface area contributed by atoms with Crippen molar-refractivity contribution in [2.75, 3.05) is 13.1 Å². The van der Waals surface area contributed by atoms with Crippen molar-refractivity contribution in [1.82, 2.24) is 9.62 Å². The first-order valence-corrected chi connectivity index (χ1v) is 11.3. The number of hydrogen-bond acceptors (Lipinski definition) is 5. The van der Waals surface area contributed by atoms with Gasteiger partial charge in [-0.1, -0.05) is 24.9 Å². The third-order valence-electron chi connectivity index (χ3n) is 5.77. The Kier molecular flexibility index (Phi) is 6.26. The minimum absolute atomic E-state index is 0.00192. The lowest BCUT2D eigenvalue weighted by molar-refractivity contribution is -0.384. The van der Waals surface area contributed by atoms with Crippen molar-refractivity contribution in [3.05, 3.63) is 33.3 Å². The normalized spacial score (nSPS) is 24.2. The van der Waals surface area contributed by atoms with Gasteiger partial charge in [-0.3, -0.25) is 14.9 Å². The molecule has 2 fully saturated rings. The van der Waals surface area contributed by atoms with Gasteiger partial charge in [0, 0.05) is 31.1 Å². The summed E-state index contributed by atoms with van der Waals surface area (Å²) in [6.45, 7) is 2.55. The number of carbonyl (C=O) groups excluding carboxylic acids is 1. The lowest BCUT2D eigenvalue weighted by Crippen LogP contribution is -2.45. The smallest absolute Gasteiger partial charge is 0.289 e. The van der Waals surface area contributed by atoms with Gasteiger partial charge in [-0.2, -0.15) is 4.31 Å². The van der Waals surface area contributed by atoms with Crippen LogP contribution >= 0.6 is 11.6 Å². The van der Waals surface area contributed by atoms with Crippen molar-refractivity contribution >= 4 is 33.2 Å². The largest absolute Gasteiger partial charge is 0.353 e. The van der Waals surface area contributed by atoms with Crippen LogP contribution in [0, 0.1) is 22.0 Å². The molecule has 2 unspecified atom stereocenters. The van der Waals surface area contributed by atoms with Gasteiger partial charge in [-0.15, -0.1) is 0 Å². The maximum atomic E-state index is 12.8. The first-order chi connectivity index (χ1) is 13.2. The number of carbonyl (C=O) groups is 1. The summed E-state index contributed by atoms with van der Waals surface area (Å²) in [5.74, 6) is 0.266. The second kappa shape index (κ2) is 8.34. The van der Waals surface area contributed by atoms with E-state index >= 15 is 0 Å². The number of benzene rings is 1. The standard InChI is InChI=1S/C18H24ClN3O5S/c1-12-3-2-4-16(12)20-18(23)13-7-9-21(10-8-13)28(26,27)14-5-6-15(19)17(11-14)22(24)25/h5-6,11-13,16H,2-4,7-10H2,1H3,(H,20,23). The van der Waals surface area contributed by atoms with E-state index in [4.69, 9.17) is 11.6 Å². The fraction of sp³-hybridized carbons (Fsp3) is 0.611. The minimum atomic E-state index is -3.88. The number of hydrogen-bond donors (Lipinski definition) is 1. The van der Waals surface area contributed by atoms with Crippen LogP contribution in [0.5, 0.6) is 0 Å². The second-order valence-electron chi connectivity index (χ2n) is 7.57. The average Bonchev–Trinajstić information content (AvgIpc) is 3.06. The molecule has 1 aromatic rings. The molecule has 0 spiro atoms. The number of sulfonamides is 1. The van der Waals surface area contributed by atoms with E-state index in [1.54, 1.807) is 0 Å². The van der Waals surface area contributed by atoms with E-state index in [1.807, 2.05) is 0 Å². The summed E-state index contributed by atoms with van der Waals surface area (Å²) in [6, 6.07) is 3.68. The summed E-state index contributed by atoms with van der Waals surface area (Å²) in [4.78, 5) is 22.7. The van der Waals surface area contributed by atoms with Gasteiger partial charge in [-0.05, 0) is 43.7 Å². The Morgan fingerprint density at radius 1 is 1.25 bits per heavy atom. The summed E-state index contributed by atoms with van der Waals surface area (Å²) in [5.41, 5.74) is -0.442. The van der Waals surface area contributed by atoms with Crippen molar-refractivity contribution in [3.63, 3.8) is 0 Å². The molecule has 1 aliphatic carbocycles. The number of nitro groups is 1. The third-order valence-corrected chi connectivity index (χ3v) is 7.98. The Balaban J connectivity index is 1.64. The van der Waals surface area contributed by atoms with Gasteiger partial charge < -0.3 is 5.32 Å². The SMILES string of the molecule is CC1CCCC1NC(=O)C1CCN(S(=O)(=O)c2ccc(Cl)c([N+](=O)[O-])c2)CC1. The van der Waals surface area contributed by atoms with Crippen LogP contribution < -0.4 is 5.32 Å². The topological polar surface area (TPSA) is 110 Å². The van der Waals surface area contributed by atoms with Crippen LogP contribution in [0.3, 0.4) is 0 Å². The van der Waals surface area contributed by atoms with Gasteiger partial charge in [0.15, 0.2) is 0 Å². The molecule has 28 heavy (non-hydrogen) atoms. The molecule has 1 saturated heterocycles. The van der Waals surface area contributed by atoms with Crippen molar-refractivity contribution in [2.45, 2.75) is 50.0 Å². The van der Waals surface area contributed by atoms with E-state index in [1.165, 1.54) is 16.4 Å². The summed E-state index contributed by atoms with van der Waals surface area (Å²) < 4.78 is 26.9. The Hall–Kier alpha value is -1.71. The molecule has 3 rings (SSSR count). The van der Waals surface area contributed by atoms with E-state index in [2.05, 4.69) is 12.2 Å². The first kappa shape index (κ1) is 21.0. The molecule has 1 N–H and O–H groups in total. The lowest BCUT2D eigenvalue weighted by Gasteiger charge is -2.31. The van der Waals surface area contributed by atoms with Crippen LogP contribution in [0.4, 0.5) is 5.69 Å². The molecule has 2 aliphatic rings. The van der Waals surface area contributed by atoms with Crippen LogP contribution in [0.15, 0.2) is 23.1 Å². The molecule has 0 bridgehead atoms. The summed E-state index contributed by atoms with van der Waals surface area (Å²) in [7, 11) is -3.88. The van der Waals surface area contributed by atoms with Crippen molar-refractivity contribution in [1.29, 1.82) is 0 Å². The number of nitro benzene ring substituents is 1. The van der Waals surface area contributed by atoms with E-state index in [0.717, 1.165) is 25.3 Å². The number of nitrogens with zero attached hydrogens (tertiary/aromatic N) is 2. The van der Waals surface area contributed by atoms with Crippen molar-refractivity contribution < 1.29 is 18.1 Å². The Morgan fingerprint density at radius 2 is 1.93 bits per heavy atom. The number of piperidine rings is 1. The summed E-state index contributed by atoms with van der Waals surface area (Å²) in [6.07, 6.45) is 4.10. The highest BCUT2D eigenvalue weighted by Gasteiger charge is 2.34. The van der Waals surface area contributed by atoms with Crippen molar-refractivity contribution in [2.24, 2.45) is 11.8 Å². The molecule has 1 aromatic carbocycles. The van der Waals surface area contributed by atoms with Crippen LogP contribution in [0.1, 0.15) is 39.0 Å². The van der Waals surface area contributed by atoms with Crippen LogP contribution in [0.2, 0.25) is 5.02 Å². The predicted molar refractivity (Wildman–Crippen MR) is 105 cm³/mol. The quantitative estimate of drug-likeness (QED) is 0.571. The molecule has 8 nitrogen and oxygen atoms in total. The summed E-state index contributed by atoms with van der Waals surface area (Å²) in [5, 5.41) is 14.0. The maximum Gasteiger partial charge on any atom is 0.289 e. The zero-order valence-electron chi connectivity index (χ0n) is 15.6. The van der Waals surface area contributed by atoms with Gasteiger partial charge in [-0.25, -0.2) is 8.42 Å². The van der Waals surface area contributed by atoms with Gasteiger partial charge in [0.05, 0.1) is 9.82 Å². The van der Waals surface area contributed by atoms with Gasteiger partial charge in [0.25, 0.3) is 5.69 Å². The van der Waals surface area contributed by atoms with Gasteiger partial charge in [0.1, 0.15) is 5.02 Å². The molecule has 0 aromatic heterocycles. The molecule has 10 heteroatoms. The van der Waals surface area contributed by atoms with Crippen molar-refractivity contribution in [3.8, 4) is 0 Å². The molecule has 0 radical (unpaired) electrons. The maximum absolute atomic E-state index is 12.8. The third kappa shape index (κ3) is 4.31. The highest BCUT2D eigenvalue weighted by Crippen LogP contribution is 2.31. The molecule has 154 valence electrons. The lowest BCUT2D eigenvalue weighted by atomic mass is 9.96. The predicted octanol–water partition coefficient (Wildman–Crippen LogP) is 2.95. The van der Waals surface area contributed by atoms with E-state index in [0.29, 0.717) is 18.8 Å². The molecule has 1 amide bonds. The van der Waals surface area contributed by atoms with Crippen LogP contribution in [0.25, 0.3) is 0 Å². The zero-order valence-corrected chi connectivity index (χ0v) is 17.2. The number of rotatable bonds is 5. The Morgan fingerprint density at radius 3 is 2.50 bits per heavy atom. The monoisotopic (exact) mass is 429 g/mol. The van der Waals surface area contributed by atoms with Gasteiger partial charge >= 0.3 is 0 Å². The molecule has 1 heterocycles. The number of amides is 1. The molecular formula is C18H24ClN3O5S. The molecular weight excluding hydrogens is 406 g/mol. The molecule has 2 atom stereocenters. The van der Waals surface area contributed by atoms with Crippen LogP contribution in [-0.2, 0) is 14.8 Å². The Bertz CT molecular complexity index is 868. The fourth-order valence-corrected chi connectivity index (χ4v) is 5.64. The fourth-order valence-electron chi connectivity index (χ4n) is 3.96. The van der Waals surface area contributed by atoms with E-state index < -0.39 is 20.6 Å². The van der Waals surface area contributed by atoms with E-state index in [-0.39, 0.29) is 40.9 Å².